The number of nitrogens with one attached hydrogen (secondary N) is 2. The molecule has 0 saturated carbocycles. The van der Waals surface area contributed by atoms with Crippen LogP contribution in [0.3, 0.4) is 0 Å². The molecule has 2 aromatic rings. The molecule has 0 aliphatic heterocycles. The Hall–Kier alpha value is -2.25. The minimum Gasteiger partial charge on any atom is -0.386 e. The molecule has 3 N–H and O–H groups in total. The van der Waals surface area contributed by atoms with Crippen LogP contribution in [-0.4, -0.2) is 29.5 Å². The highest BCUT2D eigenvalue weighted by Crippen LogP contribution is 2.17. The Morgan fingerprint density at radius 2 is 1.96 bits per heavy atom. The number of halogens is 1. The number of rotatable bonds is 6. The van der Waals surface area contributed by atoms with Gasteiger partial charge < -0.3 is 15.7 Å². The smallest absolute Gasteiger partial charge is 0.252 e. The molecule has 122 valence electrons. The summed E-state index contributed by atoms with van der Waals surface area (Å²) in [6.07, 6.45) is -0.966. The molecule has 0 fully saturated rings. The van der Waals surface area contributed by atoms with Crippen LogP contribution in [0.15, 0.2) is 41.1 Å². The van der Waals surface area contributed by atoms with Crippen molar-refractivity contribution < 1.29 is 19.1 Å². The van der Waals surface area contributed by atoms with E-state index in [2.05, 4.69) is 10.6 Å². The summed E-state index contributed by atoms with van der Waals surface area (Å²) in [5, 5.41) is 18.7. The molecule has 0 aliphatic carbocycles. The summed E-state index contributed by atoms with van der Waals surface area (Å²) in [7, 11) is 0. The van der Waals surface area contributed by atoms with Gasteiger partial charge in [0.25, 0.3) is 5.91 Å². The van der Waals surface area contributed by atoms with Gasteiger partial charge in [0, 0.05) is 10.9 Å². The van der Waals surface area contributed by atoms with Crippen molar-refractivity contribution in [3.8, 4) is 0 Å². The number of carbonyl (C=O) groups excluding carboxylic acids is 2. The van der Waals surface area contributed by atoms with Gasteiger partial charge in [-0.2, -0.15) is 11.3 Å². The van der Waals surface area contributed by atoms with Crippen LogP contribution in [0.25, 0.3) is 0 Å². The molecule has 2 rings (SSSR count). The first-order valence-electron chi connectivity index (χ1n) is 7.00. The summed E-state index contributed by atoms with van der Waals surface area (Å²) in [4.78, 5) is 23.5. The van der Waals surface area contributed by atoms with Gasteiger partial charge in [0.2, 0.25) is 5.91 Å². The standard InChI is InChI=1S/C16H17FN2O3S/c1-10(15(21)11-2-4-13(17)5-3-11)19-14(20)8-18-16(22)12-6-7-23-9-12/h2-7,9-10,15,21H,8H2,1H3,(H,18,22)(H,19,20)/t10-,15-/m0/s1. The van der Waals surface area contributed by atoms with Gasteiger partial charge >= 0.3 is 0 Å². The average molecular weight is 336 g/mol. The quantitative estimate of drug-likeness (QED) is 0.753. The van der Waals surface area contributed by atoms with E-state index < -0.39 is 23.9 Å². The van der Waals surface area contributed by atoms with Crippen LogP contribution in [-0.2, 0) is 4.79 Å². The van der Waals surface area contributed by atoms with E-state index in [1.54, 1.807) is 23.8 Å². The fourth-order valence-corrected chi connectivity index (χ4v) is 2.62. The largest absolute Gasteiger partial charge is 0.386 e. The van der Waals surface area contributed by atoms with Gasteiger partial charge in [-0.1, -0.05) is 12.1 Å². The van der Waals surface area contributed by atoms with E-state index >= 15 is 0 Å². The van der Waals surface area contributed by atoms with E-state index in [9.17, 15) is 19.1 Å². The topological polar surface area (TPSA) is 78.4 Å². The minimum atomic E-state index is -0.966. The summed E-state index contributed by atoms with van der Waals surface area (Å²) in [6, 6.07) is 6.49. The lowest BCUT2D eigenvalue weighted by molar-refractivity contribution is -0.121. The predicted molar refractivity (Wildman–Crippen MR) is 85.6 cm³/mol. The third kappa shape index (κ3) is 4.87. The van der Waals surface area contributed by atoms with E-state index in [0.717, 1.165) is 0 Å². The highest BCUT2D eigenvalue weighted by Gasteiger charge is 2.18. The molecule has 0 radical (unpaired) electrons. The van der Waals surface area contributed by atoms with Gasteiger partial charge in [0.15, 0.2) is 0 Å². The Kier molecular flexibility index (Phi) is 5.84. The maximum absolute atomic E-state index is 12.9. The summed E-state index contributed by atoms with van der Waals surface area (Å²) < 4.78 is 12.9. The number of hydrogen-bond donors (Lipinski definition) is 3. The number of thiophene rings is 1. The van der Waals surface area contributed by atoms with Gasteiger partial charge in [-0.15, -0.1) is 0 Å². The van der Waals surface area contributed by atoms with Crippen molar-refractivity contribution >= 4 is 23.2 Å². The Morgan fingerprint density at radius 3 is 2.57 bits per heavy atom. The van der Waals surface area contributed by atoms with Crippen LogP contribution in [0.1, 0.15) is 28.9 Å². The van der Waals surface area contributed by atoms with E-state index in [4.69, 9.17) is 0 Å². The highest BCUT2D eigenvalue weighted by molar-refractivity contribution is 7.08. The monoisotopic (exact) mass is 336 g/mol. The summed E-state index contributed by atoms with van der Waals surface area (Å²) in [5.41, 5.74) is 1.00. The zero-order valence-electron chi connectivity index (χ0n) is 12.5. The second-order valence-electron chi connectivity index (χ2n) is 5.05. The molecule has 0 saturated heterocycles. The Morgan fingerprint density at radius 1 is 1.26 bits per heavy atom. The lowest BCUT2D eigenvalue weighted by Gasteiger charge is -2.20. The van der Waals surface area contributed by atoms with Crippen LogP contribution in [0, 0.1) is 5.82 Å². The molecule has 2 atom stereocenters. The molecule has 0 aliphatic rings. The van der Waals surface area contributed by atoms with Gasteiger partial charge in [0.05, 0.1) is 18.7 Å². The maximum Gasteiger partial charge on any atom is 0.252 e. The van der Waals surface area contributed by atoms with Gasteiger partial charge in [-0.25, -0.2) is 4.39 Å². The molecule has 1 aromatic carbocycles. The van der Waals surface area contributed by atoms with Crippen LogP contribution >= 0.6 is 11.3 Å². The number of aliphatic hydroxyl groups excluding tert-OH is 1. The Balaban J connectivity index is 1.82. The Bertz CT molecular complexity index is 658. The van der Waals surface area contributed by atoms with Crippen molar-refractivity contribution in [1.82, 2.24) is 10.6 Å². The SMILES string of the molecule is C[C@H](NC(=O)CNC(=O)c1ccsc1)[C@H](O)c1ccc(F)cc1. The third-order valence-corrected chi connectivity index (χ3v) is 3.95. The second-order valence-corrected chi connectivity index (χ2v) is 5.83. The molecule has 1 aromatic heterocycles. The van der Waals surface area contributed by atoms with Crippen LogP contribution in [0.2, 0.25) is 0 Å². The van der Waals surface area contributed by atoms with Crippen molar-refractivity contribution in [3.05, 3.63) is 58.0 Å². The first kappa shape index (κ1) is 17.1. The van der Waals surface area contributed by atoms with Gasteiger partial charge in [-0.3, -0.25) is 9.59 Å². The average Bonchev–Trinajstić information content (AvgIpc) is 3.07. The van der Waals surface area contributed by atoms with E-state index in [-0.39, 0.29) is 12.5 Å². The van der Waals surface area contributed by atoms with Gasteiger partial charge in [0.1, 0.15) is 5.82 Å². The van der Waals surface area contributed by atoms with Crippen LogP contribution < -0.4 is 10.6 Å². The number of amides is 2. The van der Waals surface area contributed by atoms with Crippen LogP contribution in [0.4, 0.5) is 4.39 Å². The predicted octanol–water partition coefficient (Wildman–Crippen LogP) is 1.86. The lowest BCUT2D eigenvalue weighted by Crippen LogP contribution is -2.43. The number of hydrogen-bond acceptors (Lipinski definition) is 4. The first-order valence-corrected chi connectivity index (χ1v) is 7.95. The van der Waals surface area contributed by atoms with Crippen molar-refractivity contribution in [2.24, 2.45) is 0 Å². The first-order chi connectivity index (χ1) is 11.0. The zero-order chi connectivity index (χ0) is 16.8. The molecular formula is C16H17FN2O3S. The Labute approximate surface area is 137 Å². The highest BCUT2D eigenvalue weighted by atomic mass is 32.1. The van der Waals surface area contributed by atoms with Crippen molar-refractivity contribution in [1.29, 1.82) is 0 Å². The normalized spacial score (nSPS) is 13.2. The molecule has 23 heavy (non-hydrogen) atoms. The molecule has 7 heteroatoms. The van der Waals surface area contributed by atoms with Crippen molar-refractivity contribution in [2.75, 3.05) is 6.54 Å². The maximum atomic E-state index is 12.9. The zero-order valence-corrected chi connectivity index (χ0v) is 13.3. The number of aliphatic hydroxyl groups is 1. The van der Waals surface area contributed by atoms with E-state index in [0.29, 0.717) is 11.1 Å². The summed E-state index contributed by atoms with van der Waals surface area (Å²) >= 11 is 1.39. The van der Waals surface area contributed by atoms with Crippen molar-refractivity contribution in [3.63, 3.8) is 0 Å². The molecule has 0 bridgehead atoms. The molecule has 0 spiro atoms. The molecular weight excluding hydrogens is 319 g/mol. The van der Waals surface area contributed by atoms with E-state index in [1.165, 1.54) is 35.6 Å². The fraction of sp³-hybridized carbons (Fsp3) is 0.250. The summed E-state index contributed by atoms with van der Waals surface area (Å²) in [6.45, 7) is 1.45. The van der Waals surface area contributed by atoms with Gasteiger partial charge in [-0.05, 0) is 36.1 Å². The van der Waals surface area contributed by atoms with Crippen LogP contribution in [0.5, 0.6) is 0 Å². The minimum absolute atomic E-state index is 0.185. The van der Waals surface area contributed by atoms with E-state index in [1.807, 2.05) is 0 Å². The second kappa shape index (κ2) is 7.85. The lowest BCUT2D eigenvalue weighted by atomic mass is 10.0. The molecule has 0 unspecified atom stereocenters. The molecule has 2 amide bonds. The van der Waals surface area contributed by atoms with Crippen molar-refractivity contribution in [2.45, 2.75) is 19.1 Å². The number of carbonyl (C=O) groups is 2. The fourth-order valence-electron chi connectivity index (χ4n) is 1.99. The molecule has 5 nitrogen and oxygen atoms in total. The molecule has 1 heterocycles. The summed E-state index contributed by atoms with van der Waals surface area (Å²) in [5.74, 6) is -1.14. The number of benzene rings is 1. The third-order valence-electron chi connectivity index (χ3n) is 3.27.